The number of aryl methyl sites for hydroxylation is 1. The molecule has 0 aliphatic rings. The van der Waals surface area contributed by atoms with Gasteiger partial charge in [-0.25, -0.2) is 19.7 Å². The summed E-state index contributed by atoms with van der Waals surface area (Å²) in [5.74, 6) is -1.08. The molecule has 0 spiro atoms. The summed E-state index contributed by atoms with van der Waals surface area (Å²) in [5, 5.41) is 11.7. The SMILES string of the molecule is Cc1cc(-c2nccs2)nc2c(C(=O)O)ncn12. The van der Waals surface area contributed by atoms with Gasteiger partial charge in [-0.1, -0.05) is 0 Å². The number of fused-ring (bicyclic) bond motifs is 1. The lowest BCUT2D eigenvalue weighted by Crippen LogP contribution is -2.01. The average Bonchev–Trinajstić information content (AvgIpc) is 2.97. The third-order valence-corrected chi connectivity index (χ3v) is 3.34. The van der Waals surface area contributed by atoms with E-state index in [1.807, 2.05) is 18.4 Å². The van der Waals surface area contributed by atoms with Gasteiger partial charge in [0.2, 0.25) is 0 Å². The molecule has 0 aliphatic heterocycles. The lowest BCUT2D eigenvalue weighted by Gasteiger charge is -2.02. The fourth-order valence-electron chi connectivity index (χ4n) is 1.73. The van der Waals surface area contributed by atoms with Gasteiger partial charge in [0.05, 0.1) is 0 Å². The zero-order valence-electron chi connectivity index (χ0n) is 9.36. The molecule has 0 amide bonds. The number of hydrogen-bond donors (Lipinski definition) is 1. The monoisotopic (exact) mass is 260 g/mol. The number of rotatable bonds is 2. The van der Waals surface area contributed by atoms with Crippen molar-refractivity contribution in [1.29, 1.82) is 0 Å². The van der Waals surface area contributed by atoms with Gasteiger partial charge in [0.25, 0.3) is 0 Å². The molecule has 3 aromatic heterocycles. The molecule has 0 bridgehead atoms. The number of aromatic nitrogens is 4. The summed E-state index contributed by atoms with van der Waals surface area (Å²) in [6.45, 7) is 1.87. The lowest BCUT2D eigenvalue weighted by molar-refractivity contribution is 0.0693. The van der Waals surface area contributed by atoms with Crippen molar-refractivity contribution in [2.45, 2.75) is 6.92 Å². The van der Waals surface area contributed by atoms with Crippen LogP contribution in [-0.2, 0) is 0 Å². The number of imidazole rings is 1. The van der Waals surface area contributed by atoms with Gasteiger partial charge in [-0.05, 0) is 13.0 Å². The van der Waals surface area contributed by atoms with Crippen LogP contribution < -0.4 is 0 Å². The fourth-order valence-corrected chi connectivity index (χ4v) is 2.33. The van der Waals surface area contributed by atoms with Crippen molar-refractivity contribution in [2.75, 3.05) is 0 Å². The molecule has 3 aromatic rings. The summed E-state index contributed by atoms with van der Waals surface area (Å²) in [5.41, 5.74) is 1.83. The molecule has 3 rings (SSSR count). The molecule has 0 saturated heterocycles. The quantitative estimate of drug-likeness (QED) is 0.760. The van der Waals surface area contributed by atoms with Crippen LogP contribution in [0.3, 0.4) is 0 Å². The number of aromatic carboxylic acids is 1. The number of thiazole rings is 1. The maximum Gasteiger partial charge on any atom is 0.358 e. The van der Waals surface area contributed by atoms with Gasteiger partial charge in [0, 0.05) is 17.3 Å². The highest BCUT2D eigenvalue weighted by Crippen LogP contribution is 2.22. The van der Waals surface area contributed by atoms with E-state index in [1.54, 1.807) is 10.6 Å². The Hall–Kier alpha value is -2.28. The van der Waals surface area contributed by atoms with Gasteiger partial charge in [-0.3, -0.25) is 4.40 Å². The fraction of sp³-hybridized carbons (Fsp3) is 0.0909. The normalized spacial score (nSPS) is 10.9. The summed E-state index contributed by atoms with van der Waals surface area (Å²) in [6.07, 6.45) is 3.16. The molecule has 90 valence electrons. The van der Waals surface area contributed by atoms with Crippen molar-refractivity contribution >= 4 is 23.0 Å². The topological polar surface area (TPSA) is 80.4 Å². The Morgan fingerprint density at radius 1 is 1.44 bits per heavy atom. The minimum Gasteiger partial charge on any atom is -0.476 e. The van der Waals surface area contributed by atoms with E-state index in [2.05, 4.69) is 15.0 Å². The number of nitrogens with zero attached hydrogens (tertiary/aromatic N) is 4. The van der Waals surface area contributed by atoms with Crippen molar-refractivity contribution in [3.8, 4) is 10.7 Å². The van der Waals surface area contributed by atoms with Gasteiger partial charge in [-0.2, -0.15) is 0 Å². The molecule has 1 N–H and O–H groups in total. The number of carboxylic acids is 1. The first-order valence-corrected chi connectivity index (χ1v) is 6.02. The Kier molecular flexibility index (Phi) is 2.34. The van der Waals surface area contributed by atoms with Crippen LogP contribution in [0, 0.1) is 6.92 Å². The van der Waals surface area contributed by atoms with E-state index < -0.39 is 5.97 Å². The van der Waals surface area contributed by atoms with Crippen molar-refractivity contribution < 1.29 is 9.90 Å². The second-order valence-corrected chi connectivity index (χ2v) is 4.61. The van der Waals surface area contributed by atoms with Crippen LogP contribution in [0.2, 0.25) is 0 Å². The summed E-state index contributed by atoms with van der Waals surface area (Å²) in [4.78, 5) is 23.4. The minimum atomic E-state index is -1.08. The largest absolute Gasteiger partial charge is 0.476 e. The van der Waals surface area contributed by atoms with Gasteiger partial charge >= 0.3 is 5.97 Å². The average molecular weight is 260 g/mol. The molecule has 3 heterocycles. The van der Waals surface area contributed by atoms with E-state index in [0.29, 0.717) is 11.3 Å². The molecule has 0 unspecified atom stereocenters. The smallest absolute Gasteiger partial charge is 0.358 e. The molecule has 6 nitrogen and oxygen atoms in total. The first-order chi connectivity index (χ1) is 8.66. The lowest BCUT2D eigenvalue weighted by atomic mass is 10.3. The summed E-state index contributed by atoms with van der Waals surface area (Å²) in [7, 11) is 0. The standard InChI is InChI=1S/C11H8N4O2S/c1-6-4-7(10-12-2-3-18-10)14-9-8(11(16)17)13-5-15(6)9/h2-5H,1H3,(H,16,17). The molecule has 0 saturated carbocycles. The molecule has 0 atom stereocenters. The van der Waals surface area contributed by atoms with Crippen molar-refractivity contribution in [2.24, 2.45) is 0 Å². The Labute approximate surface area is 106 Å². The minimum absolute atomic E-state index is 0.0449. The number of carboxylic acid groups (broad SMARTS) is 1. The van der Waals surface area contributed by atoms with Crippen molar-refractivity contribution in [1.82, 2.24) is 19.4 Å². The molecule has 0 radical (unpaired) electrons. The first kappa shape index (κ1) is 10.8. The molecule has 0 aromatic carbocycles. The Morgan fingerprint density at radius 3 is 2.94 bits per heavy atom. The van der Waals surface area contributed by atoms with Crippen LogP contribution in [0.5, 0.6) is 0 Å². The van der Waals surface area contributed by atoms with Crippen LogP contribution in [0.4, 0.5) is 0 Å². The van der Waals surface area contributed by atoms with Crippen molar-refractivity contribution in [3.05, 3.63) is 35.4 Å². The molecular weight excluding hydrogens is 252 g/mol. The van der Waals surface area contributed by atoms with E-state index >= 15 is 0 Å². The van der Waals surface area contributed by atoms with Crippen LogP contribution in [0.1, 0.15) is 16.2 Å². The molecular formula is C11H8N4O2S. The maximum absolute atomic E-state index is 11.1. The molecule has 7 heteroatoms. The van der Waals surface area contributed by atoms with Gasteiger partial charge in [0.15, 0.2) is 11.3 Å². The zero-order valence-corrected chi connectivity index (χ0v) is 10.2. The molecule has 0 fully saturated rings. The molecule has 18 heavy (non-hydrogen) atoms. The Bertz CT molecular complexity index is 733. The Morgan fingerprint density at radius 2 is 2.28 bits per heavy atom. The van der Waals surface area contributed by atoms with Crippen LogP contribution >= 0.6 is 11.3 Å². The summed E-state index contributed by atoms with van der Waals surface area (Å²) in [6, 6.07) is 1.86. The number of hydrogen-bond acceptors (Lipinski definition) is 5. The van der Waals surface area contributed by atoms with Gasteiger partial charge in [-0.15, -0.1) is 11.3 Å². The maximum atomic E-state index is 11.1. The van der Waals surface area contributed by atoms with Crippen molar-refractivity contribution in [3.63, 3.8) is 0 Å². The summed E-state index contributed by atoms with van der Waals surface area (Å²) < 4.78 is 1.65. The third-order valence-electron chi connectivity index (χ3n) is 2.55. The first-order valence-electron chi connectivity index (χ1n) is 5.14. The van der Waals surface area contributed by atoms with Crippen LogP contribution in [0.15, 0.2) is 24.0 Å². The van der Waals surface area contributed by atoms with E-state index in [1.165, 1.54) is 17.7 Å². The molecule has 0 aliphatic carbocycles. The second kappa shape index (κ2) is 3.88. The van der Waals surface area contributed by atoms with Gasteiger partial charge in [0.1, 0.15) is 17.0 Å². The third kappa shape index (κ3) is 1.56. The predicted molar refractivity (Wildman–Crippen MR) is 65.8 cm³/mol. The predicted octanol–water partition coefficient (Wildman–Crippen LogP) is 1.86. The second-order valence-electron chi connectivity index (χ2n) is 3.71. The summed E-state index contributed by atoms with van der Waals surface area (Å²) >= 11 is 1.46. The van der Waals surface area contributed by atoms with Crippen LogP contribution in [-0.4, -0.2) is 30.4 Å². The van der Waals surface area contributed by atoms with E-state index in [9.17, 15) is 4.79 Å². The highest BCUT2D eigenvalue weighted by molar-refractivity contribution is 7.13. The highest BCUT2D eigenvalue weighted by Gasteiger charge is 2.16. The highest BCUT2D eigenvalue weighted by atomic mass is 32.1. The van der Waals surface area contributed by atoms with Crippen LogP contribution in [0.25, 0.3) is 16.3 Å². The zero-order chi connectivity index (χ0) is 12.7. The van der Waals surface area contributed by atoms with E-state index in [4.69, 9.17) is 5.11 Å². The van der Waals surface area contributed by atoms with Gasteiger partial charge < -0.3 is 5.11 Å². The number of carbonyl (C=O) groups is 1. The van der Waals surface area contributed by atoms with E-state index in [-0.39, 0.29) is 5.69 Å². The Balaban J connectivity index is 2.31. The van der Waals surface area contributed by atoms with E-state index in [0.717, 1.165) is 10.7 Å².